The second-order valence-electron chi connectivity index (χ2n) is 7.19. The minimum Gasteiger partial charge on any atom is -0.496 e. The number of hydrogen-bond donors (Lipinski definition) is 0. The highest BCUT2D eigenvalue weighted by Gasteiger charge is 2.18. The number of nitrogens with zero attached hydrogens (tertiary/aromatic N) is 1. The van der Waals surface area contributed by atoms with Crippen LogP contribution in [0.3, 0.4) is 0 Å². The zero-order chi connectivity index (χ0) is 16.5. The summed E-state index contributed by atoms with van der Waals surface area (Å²) in [6.45, 7) is 13.1. The number of ether oxygens (including phenoxy) is 1. The molecule has 0 aliphatic heterocycles. The highest BCUT2D eigenvalue weighted by molar-refractivity contribution is 5.73. The van der Waals surface area contributed by atoms with E-state index < -0.39 is 0 Å². The molecule has 0 radical (unpaired) electrons. The number of methoxy groups -OCH3 is 1. The molecule has 2 rings (SSSR count). The van der Waals surface area contributed by atoms with Crippen molar-refractivity contribution >= 4 is 0 Å². The molecule has 0 bridgehead atoms. The van der Waals surface area contributed by atoms with E-state index in [1.165, 1.54) is 5.56 Å². The van der Waals surface area contributed by atoms with Gasteiger partial charge in [-0.1, -0.05) is 46.8 Å². The predicted octanol–water partition coefficient (Wildman–Crippen LogP) is 5.49. The highest BCUT2D eigenvalue weighted by atomic mass is 16.5. The van der Waals surface area contributed by atoms with E-state index in [1.807, 2.05) is 0 Å². The molecule has 2 heteroatoms. The van der Waals surface area contributed by atoms with Gasteiger partial charge in [-0.3, -0.25) is 4.98 Å². The maximum atomic E-state index is 5.57. The van der Waals surface area contributed by atoms with Gasteiger partial charge in [-0.25, -0.2) is 0 Å². The lowest BCUT2D eigenvalue weighted by Gasteiger charge is -2.21. The Labute approximate surface area is 134 Å². The molecule has 0 spiro atoms. The maximum absolute atomic E-state index is 5.57. The molecule has 1 heterocycles. The van der Waals surface area contributed by atoms with Gasteiger partial charge in [-0.2, -0.15) is 0 Å². The summed E-state index contributed by atoms with van der Waals surface area (Å²) in [6.07, 6.45) is 0. The van der Waals surface area contributed by atoms with Crippen molar-refractivity contribution in [1.82, 2.24) is 4.98 Å². The first kappa shape index (κ1) is 16.5. The minimum atomic E-state index is 0.111. The van der Waals surface area contributed by atoms with E-state index in [-0.39, 0.29) is 5.41 Å². The van der Waals surface area contributed by atoms with Crippen LogP contribution in [-0.4, -0.2) is 12.1 Å². The number of hydrogen-bond acceptors (Lipinski definition) is 2. The van der Waals surface area contributed by atoms with Crippen molar-refractivity contribution in [3.8, 4) is 16.9 Å². The van der Waals surface area contributed by atoms with Gasteiger partial charge in [-0.15, -0.1) is 0 Å². The number of pyridine rings is 1. The molecule has 0 saturated heterocycles. The molecule has 0 amide bonds. The molecule has 22 heavy (non-hydrogen) atoms. The molecule has 0 saturated carbocycles. The van der Waals surface area contributed by atoms with Gasteiger partial charge in [0, 0.05) is 22.5 Å². The lowest BCUT2D eigenvalue weighted by atomic mass is 9.85. The van der Waals surface area contributed by atoms with E-state index in [2.05, 4.69) is 71.9 Å². The lowest BCUT2D eigenvalue weighted by Crippen LogP contribution is -2.11. The van der Waals surface area contributed by atoms with Gasteiger partial charge in [0.15, 0.2) is 0 Å². The van der Waals surface area contributed by atoms with Crippen LogP contribution in [0, 0.1) is 6.92 Å². The third-order valence-corrected chi connectivity index (χ3v) is 4.05. The van der Waals surface area contributed by atoms with Crippen LogP contribution in [0.15, 0.2) is 30.3 Å². The number of aryl methyl sites for hydroxylation is 1. The van der Waals surface area contributed by atoms with Crippen LogP contribution in [-0.2, 0) is 5.41 Å². The maximum Gasteiger partial charge on any atom is 0.126 e. The van der Waals surface area contributed by atoms with Crippen LogP contribution < -0.4 is 4.74 Å². The Morgan fingerprint density at radius 2 is 1.68 bits per heavy atom. The summed E-state index contributed by atoms with van der Waals surface area (Å²) in [6, 6.07) is 10.7. The first-order valence-electron chi connectivity index (χ1n) is 7.90. The monoisotopic (exact) mass is 297 g/mol. The van der Waals surface area contributed by atoms with Gasteiger partial charge >= 0.3 is 0 Å². The van der Waals surface area contributed by atoms with Gasteiger partial charge in [0.2, 0.25) is 0 Å². The van der Waals surface area contributed by atoms with E-state index >= 15 is 0 Å². The average molecular weight is 297 g/mol. The van der Waals surface area contributed by atoms with E-state index in [0.29, 0.717) is 5.92 Å². The summed E-state index contributed by atoms with van der Waals surface area (Å²) in [5, 5.41) is 0. The van der Waals surface area contributed by atoms with Gasteiger partial charge in [0.1, 0.15) is 5.75 Å². The van der Waals surface area contributed by atoms with Crippen LogP contribution in [0.4, 0.5) is 0 Å². The summed E-state index contributed by atoms with van der Waals surface area (Å²) >= 11 is 0. The normalized spacial score (nSPS) is 11.8. The summed E-state index contributed by atoms with van der Waals surface area (Å²) in [5.74, 6) is 1.34. The Balaban J connectivity index is 2.60. The molecule has 0 fully saturated rings. The molecule has 118 valence electrons. The Morgan fingerprint density at radius 1 is 1.00 bits per heavy atom. The van der Waals surface area contributed by atoms with Crippen molar-refractivity contribution in [2.24, 2.45) is 0 Å². The van der Waals surface area contributed by atoms with Gasteiger partial charge < -0.3 is 4.74 Å². The quantitative estimate of drug-likeness (QED) is 0.747. The molecular weight excluding hydrogens is 270 g/mol. The molecule has 0 aliphatic carbocycles. The molecule has 0 unspecified atom stereocenters. The first-order chi connectivity index (χ1) is 10.2. The Bertz CT molecular complexity index is 666. The summed E-state index contributed by atoms with van der Waals surface area (Å²) in [4.78, 5) is 4.76. The molecule has 1 aromatic heterocycles. The summed E-state index contributed by atoms with van der Waals surface area (Å²) in [5.41, 5.74) is 5.86. The van der Waals surface area contributed by atoms with Crippen molar-refractivity contribution < 1.29 is 4.74 Å². The number of aromatic nitrogens is 1. The molecule has 2 aromatic rings. The second kappa shape index (κ2) is 6.12. The third kappa shape index (κ3) is 3.32. The first-order valence-corrected chi connectivity index (χ1v) is 7.90. The fraction of sp³-hybridized carbons (Fsp3) is 0.450. The molecular formula is C20H27NO. The largest absolute Gasteiger partial charge is 0.496 e. The molecule has 2 nitrogen and oxygen atoms in total. The van der Waals surface area contributed by atoms with Crippen molar-refractivity contribution in [1.29, 1.82) is 0 Å². The Morgan fingerprint density at radius 3 is 2.18 bits per heavy atom. The van der Waals surface area contributed by atoms with E-state index in [0.717, 1.165) is 28.3 Å². The molecule has 0 atom stereocenters. The van der Waals surface area contributed by atoms with Gasteiger partial charge in [-0.05, 0) is 42.0 Å². The zero-order valence-electron chi connectivity index (χ0n) is 14.8. The van der Waals surface area contributed by atoms with E-state index in [4.69, 9.17) is 9.72 Å². The van der Waals surface area contributed by atoms with Crippen LogP contribution in [0.2, 0.25) is 0 Å². The second-order valence-corrected chi connectivity index (χ2v) is 7.19. The van der Waals surface area contributed by atoms with Crippen LogP contribution >= 0.6 is 0 Å². The minimum absolute atomic E-state index is 0.111. The van der Waals surface area contributed by atoms with E-state index in [9.17, 15) is 0 Å². The van der Waals surface area contributed by atoms with Crippen molar-refractivity contribution in [3.63, 3.8) is 0 Å². The topological polar surface area (TPSA) is 22.1 Å². The van der Waals surface area contributed by atoms with Gasteiger partial charge in [0.25, 0.3) is 0 Å². The van der Waals surface area contributed by atoms with Crippen LogP contribution in [0.5, 0.6) is 5.75 Å². The summed E-state index contributed by atoms with van der Waals surface area (Å²) in [7, 11) is 1.72. The predicted molar refractivity (Wildman–Crippen MR) is 93.8 cm³/mol. The third-order valence-electron chi connectivity index (χ3n) is 4.05. The number of rotatable bonds is 3. The van der Waals surface area contributed by atoms with Crippen molar-refractivity contribution in [3.05, 3.63) is 47.3 Å². The van der Waals surface area contributed by atoms with Crippen molar-refractivity contribution in [2.45, 2.75) is 52.9 Å². The van der Waals surface area contributed by atoms with E-state index in [1.54, 1.807) is 7.11 Å². The summed E-state index contributed by atoms with van der Waals surface area (Å²) < 4.78 is 5.57. The molecule has 0 aliphatic rings. The average Bonchev–Trinajstić information content (AvgIpc) is 2.45. The zero-order valence-corrected chi connectivity index (χ0v) is 14.8. The van der Waals surface area contributed by atoms with Gasteiger partial charge in [0.05, 0.1) is 7.11 Å². The van der Waals surface area contributed by atoms with Crippen LogP contribution in [0.25, 0.3) is 11.1 Å². The van der Waals surface area contributed by atoms with Crippen LogP contribution in [0.1, 0.15) is 57.5 Å². The Kier molecular flexibility index (Phi) is 4.60. The highest BCUT2D eigenvalue weighted by Crippen LogP contribution is 2.36. The number of benzene rings is 1. The Hall–Kier alpha value is -1.83. The smallest absolute Gasteiger partial charge is 0.126 e. The van der Waals surface area contributed by atoms with Crippen molar-refractivity contribution in [2.75, 3.05) is 7.11 Å². The molecule has 1 aromatic carbocycles. The fourth-order valence-electron chi connectivity index (χ4n) is 2.57. The lowest BCUT2D eigenvalue weighted by molar-refractivity contribution is 0.416. The SMILES string of the molecule is COc1ccc(C(C)(C)C)cc1-c1ccc(C(C)C)nc1C. The fourth-order valence-corrected chi connectivity index (χ4v) is 2.57. The standard InChI is InChI=1S/C20H27NO/c1-13(2)18-10-9-16(14(3)21-18)17-12-15(20(4,5)6)8-11-19(17)22-7/h8-13H,1-7H3. The molecule has 0 N–H and O–H groups in total.